The van der Waals surface area contributed by atoms with Crippen molar-refractivity contribution in [3.63, 3.8) is 0 Å². The summed E-state index contributed by atoms with van der Waals surface area (Å²) in [4.78, 5) is 0. The molecule has 0 spiro atoms. The lowest BCUT2D eigenvalue weighted by atomic mass is 10.2. The zero-order chi connectivity index (χ0) is 14.5. The summed E-state index contributed by atoms with van der Waals surface area (Å²) in [5.41, 5.74) is 0.518. The van der Waals surface area contributed by atoms with Crippen LogP contribution < -0.4 is 14.2 Å². The van der Waals surface area contributed by atoms with E-state index < -0.39 is 0 Å². The molecule has 2 aromatic rings. The third-order valence-electron chi connectivity index (χ3n) is 2.56. The van der Waals surface area contributed by atoms with Gasteiger partial charge in [0.25, 0.3) is 0 Å². The van der Waals surface area contributed by atoms with Gasteiger partial charge in [-0.05, 0) is 18.2 Å². The molecule has 0 aromatic heterocycles. The van der Waals surface area contributed by atoms with Crippen LogP contribution in [0, 0.1) is 11.3 Å². The van der Waals surface area contributed by atoms with Gasteiger partial charge in [0.15, 0.2) is 0 Å². The van der Waals surface area contributed by atoms with Crippen LogP contribution in [0.3, 0.4) is 0 Å². The molecule has 5 heteroatoms. The zero-order valence-corrected chi connectivity index (χ0v) is 12.6. The van der Waals surface area contributed by atoms with Gasteiger partial charge in [0.05, 0.1) is 25.9 Å². The highest BCUT2D eigenvalue weighted by molar-refractivity contribution is 9.10. The number of nitriles is 1. The Morgan fingerprint density at radius 2 is 1.40 bits per heavy atom. The van der Waals surface area contributed by atoms with Crippen LogP contribution in [0.25, 0.3) is 0 Å². The van der Waals surface area contributed by atoms with Gasteiger partial charge in [0, 0.05) is 22.7 Å². The van der Waals surface area contributed by atoms with Crippen molar-refractivity contribution < 1.29 is 14.2 Å². The maximum absolute atomic E-state index is 8.95. The molecule has 2 rings (SSSR count). The summed E-state index contributed by atoms with van der Waals surface area (Å²) < 4.78 is 16.9. The smallest absolute Gasteiger partial charge is 0.134 e. The van der Waals surface area contributed by atoms with Gasteiger partial charge in [-0.1, -0.05) is 15.9 Å². The quantitative estimate of drug-likeness (QED) is 0.844. The molecule has 0 aliphatic carbocycles. The molecule has 0 unspecified atom stereocenters. The Bertz CT molecular complexity index is 642. The molecule has 0 bridgehead atoms. The first-order valence-electron chi connectivity index (χ1n) is 5.76. The van der Waals surface area contributed by atoms with Crippen LogP contribution in [0.1, 0.15) is 5.56 Å². The van der Waals surface area contributed by atoms with E-state index in [9.17, 15) is 0 Å². The molecule has 0 aliphatic rings. The molecule has 0 N–H and O–H groups in total. The number of methoxy groups -OCH3 is 2. The van der Waals surface area contributed by atoms with Gasteiger partial charge in [0.2, 0.25) is 0 Å². The number of nitrogens with zero attached hydrogens (tertiary/aromatic N) is 1. The molecular weight excluding hydrogens is 322 g/mol. The fraction of sp³-hybridized carbons (Fsp3) is 0.133. The second-order valence-electron chi connectivity index (χ2n) is 3.94. The average molecular weight is 334 g/mol. The van der Waals surface area contributed by atoms with Crippen molar-refractivity contribution in [2.24, 2.45) is 0 Å². The fourth-order valence-electron chi connectivity index (χ4n) is 1.66. The molecule has 0 saturated heterocycles. The van der Waals surface area contributed by atoms with Gasteiger partial charge >= 0.3 is 0 Å². The topological polar surface area (TPSA) is 51.5 Å². The Hall–Kier alpha value is -2.19. The predicted octanol–water partition coefficient (Wildman–Crippen LogP) is 4.13. The summed E-state index contributed by atoms with van der Waals surface area (Å²) in [5.74, 6) is 2.40. The first-order chi connectivity index (χ1) is 9.64. The maximum atomic E-state index is 8.95. The van der Waals surface area contributed by atoms with Crippen LogP contribution >= 0.6 is 15.9 Å². The molecule has 0 saturated carbocycles. The monoisotopic (exact) mass is 333 g/mol. The third-order valence-corrected chi connectivity index (χ3v) is 3.02. The van der Waals surface area contributed by atoms with E-state index in [-0.39, 0.29) is 0 Å². The zero-order valence-electron chi connectivity index (χ0n) is 11.0. The van der Waals surface area contributed by atoms with E-state index in [2.05, 4.69) is 22.0 Å². The molecule has 102 valence electrons. The molecule has 0 amide bonds. The van der Waals surface area contributed by atoms with Crippen molar-refractivity contribution in [3.8, 4) is 29.1 Å². The van der Waals surface area contributed by atoms with Crippen LogP contribution in [0.5, 0.6) is 23.0 Å². The minimum atomic E-state index is 0.518. The number of benzene rings is 2. The van der Waals surface area contributed by atoms with Crippen molar-refractivity contribution >= 4 is 15.9 Å². The highest BCUT2D eigenvalue weighted by atomic mass is 79.9. The molecule has 4 nitrogen and oxygen atoms in total. The van der Waals surface area contributed by atoms with E-state index in [4.69, 9.17) is 19.5 Å². The van der Waals surface area contributed by atoms with E-state index >= 15 is 0 Å². The molecule has 0 aliphatic heterocycles. The van der Waals surface area contributed by atoms with E-state index in [1.54, 1.807) is 50.6 Å². The van der Waals surface area contributed by atoms with Gasteiger partial charge < -0.3 is 14.2 Å². The number of hydrogen-bond donors (Lipinski definition) is 0. The minimum Gasteiger partial charge on any atom is -0.496 e. The molecule has 0 radical (unpaired) electrons. The average Bonchev–Trinajstić information content (AvgIpc) is 2.46. The second-order valence-corrected chi connectivity index (χ2v) is 4.85. The highest BCUT2D eigenvalue weighted by Crippen LogP contribution is 2.32. The van der Waals surface area contributed by atoms with Gasteiger partial charge in [-0.2, -0.15) is 5.26 Å². The van der Waals surface area contributed by atoms with Gasteiger partial charge in [0.1, 0.15) is 23.0 Å². The van der Waals surface area contributed by atoms with Crippen molar-refractivity contribution in [1.29, 1.82) is 5.26 Å². The molecule has 20 heavy (non-hydrogen) atoms. The first-order valence-corrected chi connectivity index (χ1v) is 6.55. The Kier molecular flexibility index (Phi) is 4.49. The summed E-state index contributed by atoms with van der Waals surface area (Å²) in [6.45, 7) is 0. The number of ether oxygens (including phenoxy) is 3. The SMILES string of the molecule is COc1cc(OC)cc(Oc2cc(Br)cc(C#N)c2)c1. The van der Waals surface area contributed by atoms with Crippen molar-refractivity contribution in [1.82, 2.24) is 0 Å². The van der Waals surface area contributed by atoms with Crippen LogP contribution in [-0.4, -0.2) is 14.2 Å². The van der Waals surface area contributed by atoms with E-state index in [1.165, 1.54) is 0 Å². The van der Waals surface area contributed by atoms with Crippen LogP contribution in [0.4, 0.5) is 0 Å². The standard InChI is InChI=1S/C15H12BrNO3/c1-18-12-6-13(19-2)8-15(7-12)20-14-4-10(9-17)3-11(16)5-14/h3-8H,1-2H3. The minimum absolute atomic E-state index is 0.518. The largest absolute Gasteiger partial charge is 0.496 e. The summed E-state index contributed by atoms with van der Waals surface area (Å²) in [6, 6.07) is 12.5. The Morgan fingerprint density at radius 1 is 0.850 bits per heavy atom. The van der Waals surface area contributed by atoms with E-state index in [0.29, 0.717) is 28.6 Å². The van der Waals surface area contributed by atoms with Crippen molar-refractivity contribution in [3.05, 3.63) is 46.4 Å². The summed E-state index contributed by atoms with van der Waals surface area (Å²) in [5, 5.41) is 8.95. The number of halogens is 1. The van der Waals surface area contributed by atoms with E-state index in [1.807, 2.05) is 0 Å². The van der Waals surface area contributed by atoms with Crippen molar-refractivity contribution in [2.45, 2.75) is 0 Å². The third kappa shape index (κ3) is 3.43. The molecule has 0 fully saturated rings. The second kappa shape index (κ2) is 6.31. The Balaban J connectivity index is 2.34. The first kappa shape index (κ1) is 14.2. The van der Waals surface area contributed by atoms with Crippen molar-refractivity contribution in [2.75, 3.05) is 14.2 Å². The maximum Gasteiger partial charge on any atom is 0.134 e. The fourth-order valence-corrected chi connectivity index (χ4v) is 2.13. The highest BCUT2D eigenvalue weighted by Gasteiger charge is 2.06. The molecule has 2 aromatic carbocycles. The molecular formula is C15H12BrNO3. The molecule has 0 heterocycles. The van der Waals surface area contributed by atoms with E-state index in [0.717, 1.165) is 4.47 Å². The van der Waals surface area contributed by atoms with Gasteiger partial charge in [-0.3, -0.25) is 0 Å². The lowest BCUT2D eigenvalue weighted by molar-refractivity contribution is 0.386. The number of hydrogen-bond acceptors (Lipinski definition) is 4. The Morgan fingerprint density at radius 3 is 1.95 bits per heavy atom. The summed E-state index contributed by atoms with van der Waals surface area (Å²) >= 11 is 3.34. The van der Waals surface area contributed by atoms with Gasteiger partial charge in [-0.25, -0.2) is 0 Å². The normalized spacial score (nSPS) is 9.70. The lowest BCUT2D eigenvalue weighted by Crippen LogP contribution is -1.91. The predicted molar refractivity (Wildman–Crippen MR) is 78.5 cm³/mol. The van der Waals surface area contributed by atoms with Gasteiger partial charge in [-0.15, -0.1) is 0 Å². The Labute approximate surface area is 125 Å². The van der Waals surface area contributed by atoms with Crippen LogP contribution in [0.2, 0.25) is 0 Å². The summed E-state index contributed by atoms with van der Waals surface area (Å²) in [7, 11) is 3.15. The van der Waals surface area contributed by atoms with Crippen LogP contribution in [0.15, 0.2) is 40.9 Å². The molecule has 0 atom stereocenters. The van der Waals surface area contributed by atoms with Crippen LogP contribution in [-0.2, 0) is 0 Å². The number of rotatable bonds is 4. The lowest BCUT2D eigenvalue weighted by Gasteiger charge is -2.10. The summed E-state index contributed by atoms with van der Waals surface area (Å²) in [6.07, 6.45) is 0.